The van der Waals surface area contributed by atoms with Crippen LogP contribution in [-0.2, 0) is 0 Å². The number of aromatic nitrogens is 3. The first kappa shape index (κ1) is 14.4. The normalized spacial score (nSPS) is 18.7. The monoisotopic (exact) mass is 290 g/mol. The molecule has 2 fully saturated rings. The van der Waals surface area contributed by atoms with E-state index in [-0.39, 0.29) is 0 Å². The molecule has 0 atom stereocenters. The van der Waals surface area contributed by atoms with Gasteiger partial charge in [-0.15, -0.1) is 0 Å². The van der Waals surface area contributed by atoms with Crippen molar-refractivity contribution in [2.45, 2.75) is 51.5 Å². The molecule has 0 spiro atoms. The van der Waals surface area contributed by atoms with Gasteiger partial charge in [-0.2, -0.15) is 15.0 Å². The second-order valence-corrected chi connectivity index (χ2v) is 6.08. The molecule has 6 nitrogen and oxygen atoms in total. The number of nitrogens with zero attached hydrogens (tertiary/aromatic N) is 5. The van der Waals surface area contributed by atoms with Gasteiger partial charge < -0.3 is 15.1 Å². The Labute approximate surface area is 127 Å². The zero-order valence-corrected chi connectivity index (χ0v) is 13.2. The van der Waals surface area contributed by atoms with E-state index in [4.69, 9.17) is 4.98 Å². The van der Waals surface area contributed by atoms with Crippen molar-refractivity contribution in [1.82, 2.24) is 15.0 Å². The van der Waals surface area contributed by atoms with E-state index < -0.39 is 0 Å². The standard InChI is InChI=1S/C15H26N6/c1-3-9-16-13-17-14(20(2)12-7-6-8-12)19-15(18-13)21-10-4-5-11-21/h12H,3-11H2,1-2H3,(H,16,17,18,19). The van der Waals surface area contributed by atoms with E-state index in [2.05, 4.69) is 39.1 Å². The predicted octanol–water partition coefficient (Wildman–Crippen LogP) is 2.28. The highest BCUT2D eigenvalue weighted by Gasteiger charge is 2.26. The van der Waals surface area contributed by atoms with E-state index in [1.807, 2.05) is 0 Å². The zero-order valence-electron chi connectivity index (χ0n) is 13.2. The van der Waals surface area contributed by atoms with Gasteiger partial charge in [-0.25, -0.2) is 0 Å². The van der Waals surface area contributed by atoms with E-state index in [0.29, 0.717) is 6.04 Å². The summed E-state index contributed by atoms with van der Waals surface area (Å²) in [7, 11) is 2.11. The molecule has 116 valence electrons. The van der Waals surface area contributed by atoms with Gasteiger partial charge >= 0.3 is 0 Å². The molecule has 6 heteroatoms. The van der Waals surface area contributed by atoms with Crippen LogP contribution in [0.25, 0.3) is 0 Å². The predicted molar refractivity (Wildman–Crippen MR) is 86.1 cm³/mol. The summed E-state index contributed by atoms with van der Waals surface area (Å²) in [6.07, 6.45) is 7.35. The molecule has 21 heavy (non-hydrogen) atoms. The van der Waals surface area contributed by atoms with Crippen molar-refractivity contribution >= 4 is 17.8 Å². The average Bonchev–Trinajstić information content (AvgIpc) is 2.97. The average molecular weight is 290 g/mol. The highest BCUT2D eigenvalue weighted by Crippen LogP contribution is 2.28. The van der Waals surface area contributed by atoms with Crippen molar-refractivity contribution in [3.63, 3.8) is 0 Å². The topological polar surface area (TPSA) is 57.2 Å². The molecule has 1 aliphatic carbocycles. The van der Waals surface area contributed by atoms with Crippen LogP contribution in [0.2, 0.25) is 0 Å². The van der Waals surface area contributed by atoms with Gasteiger partial charge in [0.15, 0.2) is 0 Å². The van der Waals surface area contributed by atoms with E-state index in [9.17, 15) is 0 Å². The van der Waals surface area contributed by atoms with Gasteiger partial charge in [-0.05, 0) is 38.5 Å². The Morgan fingerprint density at radius 3 is 2.52 bits per heavy atom. The van der Waals surface area contributed by atoms with Crippen molar-refractivity contribution < 1.29 is 0 Å². The molecule has 2 aliphatic rings. The van der Waals surface area contributed by atoms with Gasteiger partial charge in [0.25, 0.3) is 0 Å². The fraction of sp³-hybridized carbons (Fsp3) is 0.800. The van der Waals surface area contributed by atoms with Crippen LogP contribution in [0.3, 0.4) is 0 Å². The minimum atomic E-state index is 0.595. The first-order valence-corrected chi connectivity index (χ1v) is 8.25. The lowest BCUT2D eigenvalue weighted by atomic mass is 9.92. The van der Waals surface area contributed by atoms with E-state index in [0.717, 1.165) is 43.9 Å². The maximum atomic E-state index is 4.72. The molecule has 1 saturated carbocycles. The molecule has 1 saturated heterocycles. The van der Waals surface area contributed by atoms with Gasteiger partial charge in [0, 0.05) is 32.7 Å². The van der Waals surface area contributed by atoms with Crippen molar-refractivity contribution in [3.8, 4) is 0 Å². The SMILES string of the molecule is CCCNc1nc(N2CCCC2)nc(N(C)C2CCC2)n1. The highest BCUT2D eigenvalue weighted by molar-refractivity contribution is 5.46. The van der Waals surface area contributed by atoms with Gasteiger partial charge in [0.1, 0.15) is 0 Å². The second kappa shape index (κ2) is 6.45. The molecule has 1 aromatic rings. The molecule has 1 aromatic heterocycles. The summed E-state index contributed by atoms with van der Waals surface area (Å²) in [6, 6.07) is 0.595. The highest BCUT2D eigenvalue weighted by atomic mass is 15.4. The third-order valence-corrected chi connectivity index (χ3v) is 4.47. The fourth-order valence-corrected chi connectivity index (χ4v) is 2.82. The van der Waals surface area contributed by atoms with Crippen LogP contribution in [0.5, 0.6) is 0 Å². The van der Waals surface area contributed by atoms with Crippen LogP contribution in [0.4, 0.5) is 17.8 Å². The summed E-state index contributed by atoms with van der Waals surface area (Å²) in [5.41, 5.74) is 0. The summed E-state index contributed by atoms with van der Waals surface area (Å²) in [5.74, 6) is 2.37. The largest absolute Gasteiger partial charge is 0.354 e. The van der Waals surface area contributed by atoms with Gasteiger partial charge in [-0.1, -0.05) is 6.92 Å². The van der Waals surface area contributed by atoms with Crippen molar-refractivity contribution in [3.05, 3.63) is 0 Å². The molecule has 2 heterocycles. The quantitative estimate of drug-likeness (QED) is 0.867. The van der Waals surface area contributed by atoms with E-state index >= 15 is 0 Å². The molecule has 0 amide bonds. The lowest BCUT2D eigenvalue weighted by molar-refractivity contribution is 0.397. The van der Waals surface area contributed by atoms with Gasteiger partial charge in [-0.3, -0.25) is 0 Å². The minimum Gasteiger partial charge on any atom is -0.354 e. The van der Waals surface area contributed by atoms with Crippen LogP contribution in [0.1, 0.15) is 45.4 Å². The summed E-state index contributed by atoms with van der Waals surface area (Å²) in [6.45, 7) is 5.17. The number of anilines is 3. The van der Waals surface area contributed by atoms with Crippen LogP contribution in [0, 0.1) is 0 Å². The third kappa shape index (κ3) is 3.19. The summed E-state index contributed by atoms with van der Waals surface area (Å²) in [5, 5.41) is 3.31. The lowest BCUT2D eigenvalue weighted by Gasteiger charge is -2.35. The first-order valence-electron chi connectivity index (χ1n) is 8.25. The first-order chi connectivity index (χ1) is 10.3. The van der Waals surface area contributed by atoms with Gasteiger partial charge in [0.2, 0.25) is 17.8 Å². The molecule has 0 bridgehead atoms. The summed E-state index contributed by atoms with van der Waals surface area (Å²) >= 11 is 0. The number of rotatable bonds is 6. The Morgan fingerprint density at radius 2 is 1.90 bits per heavy atom. The van der Waals surface area contributed by atoms with Crippen molar-refractivity contribution in [2.24, 2.45) is 0 Å². The Hall–Kier alpha value is -1.59. The fourth-order valence-electron chi connectivity index (χ4n) is 2.82. The van der Waals surface area contributed by atoms with Crippen molar-refractivity contribution in [2.75, 3.05) is 41.8 Å². The van der Waals surface area contributed by atoms with Gasteiger partial charge in [0.05, 0.1) is 0 Å². The lowest BCUT2D eigenvalue weighted by Crippen LogP contribution is -2.38. The number of hydrogen-bond acceptors (Lipinski definition) is 6. The van der Waals surface area contributed by atoms with Crippen LogP contribution >= 0.6 is 0 Å². The number of nitrogens with one attached hydrogen (secondary N) is 1. The number of hydrogen-bond donors (Lipinski definition) is 1. The minimum absolute atomic E-state index is 0.595. The molecular weight excluding hydrogens is 264 g/mol. The van der Waals surface area contributed by atoms with Crippen molar-refractivity contribution in [1.29, 1.82) is 0 Å². The summed E-state index contributed by atoms with van der Waals surface area (Å²) < 4.78 is 0. The van der Waals surface area contributed by atoms with E-state index in [1.54, 1.807) is 0 Å². The van der Waals surface area contributed by atoms with Crippen LogP contribution < -0.4 is 15.1 Å². The van der Waals surface area contributed by atoms with E-state index in [1.165, 1.54) is 32.1 Å². The molecule has 3 rings (SSSR count). The molecule has 1 aliphatic heterocycles. The Morgan fingerprint density at radius 1 is 1.14 bits per heavy atom. The van der Waals surface area contributed by atoms with Crippen LogP contribution in [0.15, 0.2) is 0 Å². The Kier molecular flexibility index (Phi) is 4.41. The molecule has 1 N–H and O–H groups in total. The smallest absolute Gasteiger partial charge is 0.231 e. The zero-order chi connectivity index (χ0) is 14.7. The second-order valence-electron chi connectivity index (χ2n) is 6.08. The Balaban J connectivity index is 1.83. The molecule has 0 radical (unpaired) electrons. The maximum absolute atomic E-state index is 4.72. The maximum Gasteiger partial charge on any atom is 0.231 e. The Bertz CT molecular complexity index is 467. The molecule has 0 unspecified atom stereocenters. The molecule has 0 aromatic carbocycles. The third-order valence-electron chi connectivity index (χ3n) is 4.47. The van der Waals surface area contributed by atoms with Crippen LogP contribution in [-0.4, -0.2) is 47.7 Å². The summed E-state index contributed by atoms with van der Waals surface area (Å²) in [4.78, 5) is 18.4. The molecular formula is C15H26N6.